The first-order valence-electron chi connectivity index (χ1n) is 7.47. The van der Waals surface area contributed by atoms with Crippen molar-refractivity contribution in [3.8, 4) is 5.88 Å². The van der Waals surface area contributed by atoms with Crippen LogP contribution in [-0.2, 0) is 0 Å². The Kier molecular flexibility index (Phi) is 4.65. The van der Waals surface area contributed by atoms with Crippen molar-refractivity contribution in [1.82, 2.24) is 4.98 Å². The first kappa shape index (κ1) is 15.5. The Morgan fingerprint density at radius 2 is 2.10 bits per heavy atom. The van der Waals surface area contributed by atoms with E-state index in [0.29, 0.717) is 17.8 Å². The van der Waals surface area contributed by atoms with Crippen LogP contribution >= 0.6 is 0 Å². The summed E-state index contributed by atoms with van der Waals surface area (Å²) >= 11 is 0. The summed E-state index contributed by atoms with van der Waals surface area (Å²) in [5, 5.41) is 14.2. The van der Waals surface area contributed by atoms with Crippen LogP contribution in [-0.4, -0.2) is 22.6 Å². The Balaban J connectivity index is 2.13. The van der Waals surface area contributed by atoms with Gasteiger partial charge in [-0.2, -0.15) is 4.98 Å². The molecule has 1 aromatic rings. The highest BCUT2D eigenvalue weighted by Crippen LogP contribution is 2.37. The molecule has 1 aliphatic carbocycles. The Bertz CT molecular complexity index is 507. The fourth-order valence-electron chi connectivity index (χ4n) is 2.59. The summed E-state index contributed by atoms with van der Waals surface area (Å²) in [6.45, 7) is 7.15. The Morgan fingerprint density at radius 3 is 2.67 bits per heavy atom. The lowest BCUT2D eigenvalue weighted by molar-refractivity contribution is -0.386. The van der Waals surface area contributed by atoms with Gasteiger partial charge in [-0.15, -0.1) is 0 Å². The molecule has 0 amide bonds. The third-order valence-electron chi connectivity index (χ3n) is 3.96. The van der Waals surface area contributed by atoms with Gasteiger partial charge in [0.1, 0.15) is 11.9 Å². The van der Waals surface area contributed by atoms with E-state index >= 15 is 0 Å². The minimum Gasteiger partial charge on any atom is -0.469 e. The summed E-state index contributed by atoms with van der Waals surface area (Å²) in [6.07, 6.45) is 3.98. The number of ether oxygens (including phenoxy) is 1. The number of nitrogens with zero attached hydrogens (tertiary/aromatic N) is 2. The van der Waals surface area contributed by atoms with E-state index < -0.39 is 4.92 Å². The molecule has 21 heavy (non-hydrogen) atoms. The zero-order chi connectivity index (χ0) is 15.5. The maximum atomic E-state index is 11.1. The molecule has 2 rings (SSSR count). The van der Waals surface area contributed by atoms with Gasteiger partial charge in [-0.3, -0.25) is 10.1 Å². The van der Waals surface area contributed by atoms with Crippen molar-refractivity contribution in [3.05, 3.63) is 22.2 Å². The average Bonchev–Trinajstić information content (AvgIpc) is 2.41. The predicted octanol–water partition coefficient (Wildman–Crippen LogP) is 3.77. The molecule has 1 saturated carbocycles. The van der Waals surface area contributed by atoms with Crippen LogP contribution in [0.2, 0.25) is 0 Å². The summed E-state index contributed by atoms with van der Waals surface area (Å²) in [5.41, 5.74) is 0.270. The second kappa shape index (κ2) is 6.28. The van der Waals surface area contributed by atoms with Crippen molar-refractivity contribution in [2.75, 3.05) is 11.9 Å². The van der Waals surface area contributed by atoms with E-state index in [-0.39, 0.29) is 17.7 Å². The van der Waals surface area contributed by atoms with E-state index in [0.717, 1.165) is 25.7 Å². The number of rotatable bonds is 5. The van der Waals surface area contributed by atoms with Crippen LogP contribution in [0.25, 0.3) is 0 Å². The first-order chi connectivity index (χ1) is 9.91. The lowest BCUT2D eigenvalue weighted by atomic mass is 9.76. The maximum absolute atomic E-state index is 11.1. The van der Waals surface area contributed by atoms with Crippen LogP contribution in [0.4, 0.5) is 11.5 Å². The summed E-state index contributed by atoms with van der Waals surface area (Å²) in [7, 11) is 0. The quantitative estimate of drug-likeness (QED) is 0.660. The van der Waals surface area contributed by atoms with E-state index in [1.807, 2.05) is 6.92 Å². The van der Waals surface area contributed by atoms with Gasteiger partial charge < -0.3 is 10.1 Å². The third-order valence-corrected chi connectivity index (χ3v) is 3.96. The topological polar surface area (TPSA) is 77.3 Å². The number of pyridine rings is 1. The second-order valence-corrected chi connectivity index (χ2v) is 6.29. The monoisotopic (exact) mass is 293 g/mol. The van der Waals surface area contributed by atoms with Crippen molar-refractivity contribution in [2.24, 2.45) is 5.41 Å². The van der Waals surface area contributed by atoms with Gasteiger partial charge in [0.25, 0.3) is 5.88 Å². The van der Waals surface area contributed by atoms with Crippen LogP contribution in [0.15, 0.2) is 12.1 Å². The van der Waals surface area contributed by atoms with Crippen molar-refractivity contribution in [3.63, 3.8) is 0 Å². The molecule has 116 valence electrons. The fourth-order valence-corrected chi connectivity index (χ4v) is 2.59. The normalized spacial score (nSPS) is 18.2. The summed E-state index contributed by atoms with van der Waals surface area (Å²) in [5.74, 6) is 0.734. The molecule has 1 aliphatic rings. The minimum absolute atomic E-state index is 0.0149. The molecule has 0 radical (unpaired) electrons. The number of nitrogens with one attached hydrogen (secondary N) is 1. The number of aromatic nitrogens is 1. The minimum atomic E-state index is -0.440. The molecule has 0 aliphatic heterocycles. The maximum Gasteiger partial charge on any atom is 0.331 e. The molecule has 1 fully saturated rings. The molecule has 0 unspecified atom stereocenters. The van der Waals surface area contributed by atoms with Gasteiger partial charge in [0.15, 0.2) is 0 Å². The molecule has 1 N–H and O–H groups in total. The molecule has 0 atom stereocenters. The van der Waals surface area contributed by atoms with Crippen molar-refractivity contribution in [1.29, 1.82) is 0 Å². The van der Waals surface area contributed by atoms with Crippen LogP contribution in [0.1, 0.15) is 46.5 Å². The molecule has 1 aromatic heterocycles. The lowest BCUT2D eigenvalue weighted by Gasteiger charge is -2.33. The average molecular weight is 293 g/mol. The first-order valence-corrected chi connectivity index (χ1v) is 7.47. The fraction of sp³-hybridized carbons (Fsp3) is 0.667. The number of hydrogen-bond acceptors (Lipinski definition) is 5. The zero-order valence-corrected chi connectivity index (χ0v) is 12.9. The Hall–Kier alpha value is -1.85. The second-order valence-electron chi connectivity index (χ2n) is 6.29. The Morgan fingerprint density at radius 1 is 1.43 bits per heavy atom. The largest absolute Gasteiger partial charge is 0.469 e. The van der Waals surface area contributed by atoms with Crippen molar-refractivity contribution >= 4 is 11.5 Å². The van der Waals surface area contributed by atoms with E-state index in [2.05, 4.69) is 24.1 Å². The molecule has 1 heterocycles. The highest BCUT2D eigenvalue weighted by Gasteiger charge is 2.30. The van der Waals surface area contributed by atoms with E-state index in [9.17, 15) is 10.1 Å². The zero-order valence-electron chi connectivity index (χ0n) is 12.9. The highest BCUT2D eigenvalue weighted by atomic mass is 16.6. The molecule has 0 spiro atoms. The van der Waals surface area contributed by atoms with Gasteiger partial charge in [-0.25, -0.2) is 0 Å². The van der Waals surface area contributed by atoms with E-state index in [1.165, 1.54) is 6.07 Å². The van der Waals surface area contributed by atoms with Crippen LogP contribution < -0.4 is 10.1 Å². The van der Waals surface area contributed by atoms with Gasteiger partial charge in [0, 0.05) is 12.6 Å². The highest BCUT2D eigenvalue weighted by molar-refractivity contribution is 5.49. The number of anilines is 1. The molecular formula is C15H23N3O3. The van der Waals surface area contributed by atoms with Crippen molar-refractivity contribution in [2.45, 2.75) is 52.6 Å². The number of hydrogen-bond donors (Lipinski definition) is 1. The Labute approximate surface area is 125 Å². The van der Waals surface area contributed by atoms with Gasteiger partial charge >= 0.3 is 5.69 Å². The molecule has 6 heteroatoms. The molecule has 0 saturated heterocycles. The summed E-state index contributed by atoms with van der Waals surface area (Å²) in [4.78, 5) is 14.9. The van der Waals surface area contributed by atoms with E-state index in [4.69, 9.17) is 4.74 Å². The molecule has 6 nitrogen and oxygen atoms in total. The number of nitro groups is 1. The van der Waals surface area contributed by atoms with Crippen LogP contribution in [0, 0.1) is 15.5 Å². The van der Waals surface area contributed by atoms with Gasteiger partial charge in [0.2, 0.25) is 0 Å². The molecule has 0 aromatic carbocycles. The standard InChI is InChI=1S/C15H23N3O3/c1-4-16-13-6-5-12(18(19)20)14(17-13)21-11-7-9-15(2,3)10-8-11/h5-6,11H,4,7-10H2,1-3H3,(H,16,17). The van der Waals surface area contributed by atoms with Crippen molar-refractivity contribution < 1.29 is 9.66 Å². The predicted molar refractivity (Wildman–Crippen MR) is 81.7 cm³/mol. The summed E-state index contributed by atoms with van der Waals surface area (Å²) in [6, 6.07) is 3.06. The summed E-state index contributed by atoms with van der Waals surface area (Å²) < 4.78 is 5.84. The van der Waals surface area contributed by atoms with Gasteiger partial charge in [-0.1, -0.05) is 13.8 Å². The molecular weight excluding hydrogens is 270 g/mol. The SMILES string of the molecule is CCNc1ccc([N+](=O)[O-])c(OC2CCC(C)(C)CC2)n1. The van der Waals surface area contributed by atoms with Crippen LogP contribution in [0.5, 0.6) is 5.88 Å². The molecule has 0 bridgehead atoms. The van der Waals surface area contributed by atoms with Gasteiger partial charge in [0.05, 0.1) is 4.92 Å². The lowest BCUT2D eigenvalue weighted by Crippen LogP contribution is -2.28. The van der Waals surface area contributed by atoms with Crippen LogP contribution in [0.3, 0.4) is 0 Å². The smallest absolute Gasteiger partial charge is 0.331 e. The van der Waals surface area contributed by atoms with Gasteiger partial charge in [-0.05, 0) is 44.1 Å². The third kappa shape index (κ3) is 4.06. The van der Waals surface area contributed by atoms with E-state index in [1.54, 1.807) is 6.07 Å².